The maximum atomic E-state index is 11.6. The minimum Gasteiger partial charge on any atom is -0.388 e. The van der Waals surface area contributed by atoms with E-state index in [-0.39, 0.29) is 10.9 Å². The second-order valence-corrected chi connectivity index (χ2v) is 6.40. The van der Waals surface area contributed by atoms with Crippen LogP contribution in [0.1, 0.15) is 71.1 Å². The molecule has 0 aliphatic carbocycles. The van der Waals surface area contributed by atoms with Crippen LogP contribution in [0.2, 0.25) is 0 Å². The van der Waals surface area contributed by atoms with Crippen LogP contribution in [-0.4, -0.2) is 29.0 Å². The largest absolute Gasteiger partial charge is 0.388 e. The standard InChI is InChI=1S/C16H31N3OS2/c1-2-3-4-5-8-11-14(20)18-12-9-6-7-10-13-19-16(22)15(17)21/h2-13H2,1H3,(H2,17,21)(H,18,20)(H,19,22). The molecule has 0 heterocycles. The van der Waals surface area contributed by atoms with Crippen LogP contribution in [0.5, 0.6) is 0 Å². The lowest BCUT2D eigenvalue weighted by Crippen LogP contribution is -2.33. The number of hydrogen-bond donors (Lipinski definition) is 3. The highest BCUT2D eigenvalue weighted by molar-refractivity contribution is 7.89. The quantitative estimate of drug-likeness (QED) is 0.353. The number of thiocarbonyl (C=S) groups is 2. The topological polar surface area (TPSA) is 67.2 Å². The van der Waals surface area contributed by atoms with E-state index < -0.39 is 0 Å². The third-order valence-electron chi connectivity index (χ3n) is 3.44. The molecule has 22 heavy (non-hydrogen) atoms. The summed E-state index contributed by atoms with van der Waals surface area (Å²) < 4.78 is 0. The summed E-state index contributed by atoms with van der Waals surface area (Å²) in [5, 5.41) is 6.01. The van der Waals surface area contributed by atoms with Gasteiger partial charge in [-0.3, -0.25) is 4.79 Å². The Hall–Kier alpha value is -0.750. The van der Waals surface area contributed by atoms with Gasteiger partial charge < -0.3 is 16.4 Å². The smallest absolute Gasteiger partial charge is 0.219 e. The van der Waals surface area contributed by atoms with E-state index in [2.05, 4.69) is 17.6 Å². The predicted molar refractivity (Wildman–Crippen MR) is 102 cm³/mol. The summed E-state index contributed by atoms with van der Waals surface area (Å²) in [5.74, 6) is 0.194. The van der Waals surface area contributed by atoms with E-state index in [1.165, 1.54) is 25.7 Å². The molecular formula is C16H31N3OS2. The van der Waals surface area contributed by atoms with Crippen LogP contribution in [0.3, 0.4) is 0 Å². The van der Waals surface area contributed by atoms with Gasteiger partial charge in [0.15, 0.2) is 0 Å². The van der Waals surface area contributed by atoms with E-state index in [4.69, 9.17) is 30.2 Å². The maximum Gasteiger partial charge on any atom is 0.219 e. The van der Waals surface area contributed by atoms with Crippen molar-refractivity contribution in [1.29, 1.82) is 0 Å². The van der Waals surface area contributed by atoms with Crippen LogP contribution in [0, 0.1) is 0 Å². The van der Waals surface area contributed by atoms with Crippen LogP contribution < -0.4 is 16.4 Å². The molecule has 4 nitrogen and oxygen atoms in total. The predicted octanol–water partition coefficient (Wildman–Crippen LogP) is 3.23. The molecule has 0 aromatic carbocycles. The Morgan fingerprint density at radius 3 is 2.00 bits per heavy atom. The Kier molecular flexibility index (Phi) is 14.6. The van der Waals surface area contributed by atoms with E-state index in [1.807, 2.05) is 0 Å². The summed E-state index contributed by atoms with van der Waals surface area (Å²) in [6.07, 6.45) is 10.9. The second-order valence-electron chi connectivity index (χ2n) is 5.55. The molecule has 1 amide bonds. The van der Waals surface area contributed by atoms with Gasteiger partial charge in [0.1, 0.15) is 9.98 Å². The van der Waals surface area contributed by atoms with Crippen molar-refractivity contribution in [2.24, 2.45) is 5.73 Å². The summed E-state index contributed by atoms with van der Waals surface area (Å²) in [6.45, 7) is 3.79. The molecule has 0 unspecified atom stereocenters. The first-order valence-corrected chi connectivity index (χ1v) is 9.24. The highest BCUT2D eigenvalue weighted by Gasteiger charge is 2.00. The average molecular weight is 346 g/mol. The fraction of sp³-hybridized carbons (Fsp3) is 0.812. The SMILES string of the molecule is CCCCCCCC(=O)NCCCCCCNC(=S)C(N)=S. The molecule has 0 saturated heterocycles. The normalized spacial score (nSPS) is 10.2. The van der Waals surface area contributed by atoms with Gasteiger partial charge in [-0.2, -0.15) is 0 Å². The van der Waals surface area contributed by atoms with Gasteiger partial charge >= 0.3 is 0 Å². The van der Waals surface area contributed by atoms with Gasteiger partial charge in [-0.1, -0.05) is 69.9 Å². The summed E-state index contributed by atoms with van der Waals surface area (Å²) in [7, 11) is 0. The third kappa shape index (κ3) is 14.2. The van der Waals surface area contributed by atoms with Gasteiger partial charge in [-0.25, -0.2) is 0 Å². The average Bonchev–Trinajstić information content (AvgIpc) is 2.49. The van der Waals surface area contributed by atoms with Crippen LogP contribution in [-0.2, 0) is 4.79 Å². The van der Waals surface area contributed by atoms with E-state index in [0.29, 0.717) is 11.4 Å². The van der Waals surface area contributed by atoms with Crippen LogP contribution in [0.15, 0.2) is 0 Å². The van der Waals surface area contributed by atoms with Crippen molar-refractivity contribution in [3.63, 3.8) is 0 Å². The molecule has 0 aliphatic rings. The lowest BCUT2D eigenvalue weighted by atomic mass is 10.1. The lowest BCUT2D eigenvalue weighted by Gasteiger charge is -2.07. The van der Waals surface area contributed by atoms with E-state index in [0.717, 1.165) is 45.2 Å². The Balaban J connectivity index is 3.26. The lowest BCUT2D eigenvalue weighted by molar-refractivity contribution is -0.121. The van der Waals surface area contributed by atoms with Crippen LogP contribution >= 0.6 is 24.4 Å². The number of carbonyl (C=O) groups is 1. The number of hydrogen-bond acceptors (Lipinski definition) is 3. The van der Waals surface area contributed by atoms with Crippen molar-refractivity contribution < 1.29 is 4.79 Å². The molecule has 0 bridgehead atoms. The number of rotatable bonds is 13. The fourth-order valence-electron chi connectivity index (χ4n) is 2.10. The molecule has 128 valence electrons. The summed E-state index contributed by atoms with van der Waals surface area (Å²) in [6, 6.07) is 0. The zero-order chi connectivity index (χ0) is 16.6. The Bertz CT molecular complexity index is 335. The molecular weight excluding hydrogens is 314 g/mol. The van der Waals surface area contributed by atoms with Gasteiger partial charge in [0.25, 0.3) is 0 Å². The van der Waals surface area contributed by atoms with Gasteiger partial charge in [0.2, 0.25) is 5.91 Å². The van der Waals surface area contributed by atoms with Crippen LogP contribution in [0.4, 0.5) is 0 Å². The van der Waals surface area contributed by atoms with Crippen molar-refractivity contribution in [2.45, 2.75) is 71.1 Å². The Labute approximate surface area is 146 Å². The summed E-state index contributed by atoms with van der Waals surface area (Å²) in [5.41, 5.74) is 5.39. The number of carbonyl (C=O) groups excluding carboxylic acids is 1. The summed E-state index contributed by atoms with van der Waals surface area (Å²) >= 11 is 9.72. The highest BCUT2D eigenvalue weighted by atomic mass is 32.1. The van der Waals surface area contributed by atoms with Crippen molar-refractivity contribution in [2.75, 3.05) is 13.1 Å². The molecule has 0 atom stereocenters. The first-order valence-electron chi connectivity index (χ1n) is 8.42. The number of unbranched alkanes of at least 4 members (excludes halogenated alkanes) is 7. The van der Waals surface area contributed by atoms with E-state index in [1.54, 1.807) is 0 Å². The first kappa shape index (κ1) is 21.2. The molecule has 0 fully saturated rings. The third-order valence-corrected chi connectivity index (χ3v) is 4.14. The maximum absolute atomic E-state index is 11.6. The molecule has 0 rings (SSSR count). The molecule has 0 spiro atoms. The highest BCUT2D eigenvalue weighted by Crippen LogP contribution is 2.05. The monoisotopic (exact) mass is 345 g/mol. The summed E-state index contributed by atoms with van der Waals surface area (Å²) in [4.78, 5) is 12.3. The van der Waals surface area contributed by atoms with Crippen LogP contribution in [0.25, 0.3) is 0 Å². The number of nitrogens with two attached hydrogens (primary N) is 1. The fourth-order valence-corrected chi connectivity index (χ4v) is 2.27. The van der Waals surface area contributed by atoms with Gasteiger partial charge in [0.05, 0.1) is 0 Å². The molecule has 0 aromatic rings. The van der Waals surface area contributed by atoms with Crippen molar-refractivity contribution in [1.82, 2.24) is 10.6 Å². The minimum absolute atomic E-state index is 0.194. The van der Waals surface area contributed by atoms with Crippen molar-refractivity contribution in [3.8, 4) is 0 Å². The molecule has 0 aromatic heterocycles. The Morgan fingerprint density at radius 1 is 0.864 bits per heavy atom. The molecule has 6 heteroatoms. The van der Waals surface area contributed by atoms with Crippen molar-refractivity contribution >= 4 is 40.3 Å². The molecule has 0 aliphatic heterocycles. The van der Waals surface area contributed by atoms with Crippen molar-refractivity contribution in [3.05, 3.63) is 0 Å². The van der Waals surface area contributed by atoms with Gasteiger partial charge in [-0.05, 0) is 19.3 Å². The number of amides is 1. The first-order chi connectivity index (χ1) is 10.6. The van der Waals surface area contributed by atoms with E-state index in [9.17, 15) is 4.79 Å². The molecule has 4 N–H and O–H groups in total. The van der Waals surface area contributed by atoms with E-state index >= 15 is 0 Å². The zero-order valence-corrected chi connectivity index (χ0v) is 15.4. The Morgan fingerprint density at radius 2 is 1.41 bits per heavy atom. The zero-order valence-electron chi connectivity index (χ0n) is 13.8. The molecule has 0 saturated carbocycles. The van der Waals surface area contributed by atoms with Gasteiger partial charge in [0, 0.05) is 19.5 Å². The minimum atomic E-state index is 0.194. The van der Waals surface area contributed by atoms with Gasteiger partial charge in [-0.15, -0.1) is 0 Å². The molecule has 0 radical (unpaired) electrons. The number of nitrogens with one attached hydrogen (secondary N) is 2. The second kappa shape index (κ2) is 15.2.